The summed E-state index contributed by atoms with van der Waals surface area (Å²) in [6.07, 6.45) is 4.99. The van der Waals surface area contributed by atoms with Crippen LogP contribution >= 0.6 is 0 Å². The van der Waals surface area contributed by atoms with E-state index in [-0.39, 0.29) is 11.5 Å². The second-order valence-corrected chi connectivity index (χ2v) is 3.44. The lowest BCUT2D eigenvalue weighted by atomic mass is 10.4. The Morgan fingerprint density at radius 3 is 2.94 bits per heavy atom. The Hall–Kier alpha value is -2.44. The zero-order valence-electron chi connectivity index (χ0n) is 9.20. The first kappa shape index (κ1) is 11.1. The molecule has 1 N–H and O–H groups in total. The molecule has 88 valence electrons. The van der Waals surface area contributed by atoms with Gasteiger partial charge < -0.3 is 9.88 Å². The quantitative estimate of drug-likeness (QED) is 0.636. The number of rotatable bonds is 4. The van der Waals surface area contributed by atoms with Crippen LogP contribution in [0.15, 0.2) is 30.7 Å². The fraction of sp³-hybridized carbons (Fsp3) is 0.200. The third kappa shape index (κ3) is 2.39. The first-order chi connectivity index (χ1) is 8.18. The zero-order valence-corrected chi connectivity index (χ0v) is 9.20. The molecule has 0 amide bonds. The van der Waals surface area contributed by atoms with Gasteiger partial charge >= 0.3 is 5.69 Å². The normalized spacial score (nSPS) is 10.2. The molecule has 0 spiro atoms. The van der Waals surface area contributed by atoms with Gasteiger partial charge in [0.05, 0.1) is 11.5 Å². The van der Waals surface area contributed by atoms with Crippen molar-refractivity contribution in [1.82, 2.24) is 14.5 Å². The second kappa shape index (κ2) is 4.60. The SMILES string of the molecule is Cn1ccnc1CNc1ncccc1[N+](=O)[O-]. The zero-order chi connectivity index (χ0) is 12.3. The van der Waals surface area contributed by atoms with Crippen molar-refractivity contribution in [2.45, 2.75) is 6.54 Å². The minimum Gasteiger partial charge on any atom is -0.357 e. The summed E-state index contributed by atoms with van der Waals surface area (Å²) in [5.74, 6) is 1.03. The molecule has 2 aromatic heterocycles. The number of imidazole rings is 1. The largest absolute Gasteiger partial charge is 0.357 e. The summed E-state index contributed by atoms with van der Waals surface area (Å²) in [4.78, 5) is 18.3. The smallest absolute Gasteiger partial charge is 0.311 e. The molecule has 17 heavy (non-hydrogen) atoms. The molecule has 2 aromatic rings. The highest BCUT2D eigenvalue weighted by molar-refractivity contribution is 5.54. The lowest BCUT2D eigenvalue weighted by molar-refractivity contribution is -0.384. The van der Waals surface area contributed by atoms with Gasteiger partial charge in [-0.3, -0.25) is 10.1 Å². The summed E-state index contributed by atoms with van der Waals surface area (Å²) >= 11 is 0. The molecule has 7 nitrogen and oxygen atoms in total. The molecule has 0 atom stereocenters. The Bertz CT molecular complexity index is 537. The van der Waals surface area contributed by atoms with Crippen molar-refractivity contribution in [3.05, 3.63) is 46.7 Å². The number of hydrogen-bond acceptors (Lipinski definition) is 5. The molecule has 0 saturated carbocycles. The Morgan fingerprint density at radius 1 is 1.47 bits per heavy atom. The first-order valence-electron chi connectivity index (χ1n) is 4.98. The lowest BCUT2D eigenvalue weighted by Crippen LogP contribution is -2.08. The van der Waals surface area contributed by atoms with Crippen LogP contribution in [0.5, 0.6) is 0 Å². The molecule has 7 heteroatoms. The van der Waals surface area contributed by atoms with E-state index in [1.165, 1.54) is 18.3 Å². The molecule has 0 radical (unpaired) electrons. The first-order valence-corrected chi connectivity index (χ1v) is 4.98. The Labute approximate surface area is 97.3 Å². The van der Waals surface area contributed by atoms with Gasteiger partial charge in [0.2, 0.25) is 5.82 Å². The average molecular weight is 233 g/mol. The van der Waals surface area contributed by atoms with Crippen molar-refractivity contribution in [1.29, 1.82) is 0 Å². The van der Waals surface area contributed by atoms with Gasteiger partial charge in [-0.1, -0.05) is 0 Å². The van der Waals surface area contributed by atoms with Crippen LogP contribution in [-0.4, -0.2) is 19.5 Å². The molecule has 0 aliphatic carbocycles. The number of hydrogen-bond donors (Lipinski definition) is 1. The topological polar surface area (TPSA) is 85.9 Å². The fourth-order valence-electron chi connectivity index (χ4n) is 1.41. The highest BCUT2D eigenvalue weighted by atomic mass is 16.6. The number of pyridine rings is 1. The molecule has 0 fully saturated rings. The fourth-order valence-corrected chi connectivity index (χ4v) is 1.41. The maximum absolute atomic E-state index is 10.8. The summed E-state index contributed by atoms with van der Waals surface area (Å²) in [6, 6.07) is 2.94. The standard InChI is InChI=1S/C10H11N5O2/c1-14-6-5-11-9(14)7-13-10-8(15(16)17)3-2-4-12-10/h2-6H,7H2,1H3,(H,12,13). The van der Waals surface area contributed by atoms with Crippen molar-refractivity contribution in [3.63, 3.8) is 0 Å². The molecule has 0 aliphatic heterocycles. The van der Waals surface area contributed by atoms with Crippen molar-refractivity contribution in [2.24, 2.45) is 7.05 Å². The van der Waals surface area contributed by atoms with Gasteiger partial charge in [0, 0.05) is 31.7 Å². The molecular formula is C10H11N5O2. The van der Waals surface area contributed by atoms with Gasteiger partial charge in [0.25, 0.3) is 0 Å². The predicted octanol–water partition coefficient (Wildman–Crippen LogP) is 1.34. The number of nitrogens with zero attached hydrogens (tertiary/aromatic N) is 4. The molecule has 2 rings (SSSR count). The Balaban J connectivity index is 2.14. The number of nitro groups is 1. The van der Waals surface area contributed by atoms with Gasteiger partial charge in [-0.2, -0.15) is 0 Å². The second-order valence-electron chi connectivity index (χ2n) is 3.44. The number of aromatic nitrogens is 3. The number of anilines is 1. The van der Waals surface area contributed by atoms with Crippen LogP contribution in [0, 0.1) is 10.1 Å². The van der Waals surface area contributed by atoms with Crippen LogP contribution in [0.3, 0.4) is 0 Å². The third-order valence-electron chi connectivity index (χ3n) is 2.32. The summed E-state index contributed by atoms with van der Waals surface area (Å²) < 4.78 is 1.84. The van der Waals surface area contributed by atoms with E-state index >= 15 is 0 Å². The molecule has 2 heterocycles. The van der Waals surface area contributed by atoms with E-state index in [1.54, 1.807) is 6.20 Å². The summed E-state index contributed by atoms with van der Waals surface area (Å²) in [7, 11) is 1.86. The molecule has 0 aromatic carbocycles. The van der Waals surface area contributed by atoms with Gasteiger partial charge in [0.15, 0.2) is 0 Å². The monoisotopic (exact) mass is 233 g/mol. The molecule has 0 saturated heterocycles. The predicted molar refractivity (Wildman–Crippen MR) is 61.4 cm³/mol. The molecular weight excluding hydrogens is 222 g/mol. The average Bonchev–Trinajstić information content (AvgIpc) is 2.72. The number of nitrogens with one attached hydrogen (secondary N) is 1. The highest BCUT2D eigenvalue weighted by Gasteiger charge is 2.13. The van der Waals surface area contributed by atoms with Gasteiger partial charge in [-0.25, -0.2) is 9.97 Å². The van der Waals surface area contributed by atoms with Crippen molar-refractivity contribution >= 4 is 11.5 Å². The maximum atomic E-state index is 10.8. The van der Waals surface area contributed by atoms with E-state index in [0.29, 0.717) is 6.54 Å². The summed E-state index contributed by atoms with van der Waals surface area (Å²) in [5.41, 5.74) is -0.0401. The third-order valence-corrected chi connectivity index (χ3v) is 2.32. The van der Waals surface area contributed by atoms with Crippen molar-refractivity contribution in [2.75, 3.05) is 5.32 Å². The van der Waals surface area contributed by atoms with Gasteiger partial charge in [-0.15, -0.1) is 0 Å². The van der Waals surface area contributed by atoms with Crippen molar-refractivity contribution < 1.29 is 4.92 Å². The minimum absolute atomic E-state index is 0.0401. The highest BCUT2D eigenvalue weighted by Crippen LogP contribution is 2.20. The van der Waals surface area contributed by atoms with Crippen LogP contribution in [-0.2, 0) is 13.6 Å². The van der Waals surface area contributed by atoms with Gasteiger partial charge in [0.1, 0.15) is 5.82 Å². The lowest BCUT2D eigenvalue weighted by Gasteiger charge is -2.05. The van der Waals surface area contributed by atoms with Crippen LogP contribution in [0.2, 0.25) is 0 Å². The molecule has 0 bridgehead atoms. The summed E-state index contributed by atoms with van der Waals surface area (Å²) in [5, 5.41) is 13.7. The Kier molecular flexibility index (Phi) is 2.99. The van der Waals surface area contributed by atoms with E-state index in [4.69, 9.17) is 0 Å². The molecule has 0 aliphatic rings. The van der Waals surface area contributed by atoms with E-state index in [1.807, 2.05) is 17.8 Å². The Morgan fingerprint density at radius 2 is 2.29 bits per heavy atom. The van der Waals surface area contributed by atoms with Crippen LogP contribution in [0.4, 0.5) is 11.5 Å². The van der Waals surface area contributed by atoms with Crippen molar-refractivity contribution in [3.8, 4) is 0 Å². The van der Waals surface area contributed by atoms with E-state index in [9.17, 15) is 10.1 Å². The maximum Gasteiger partial charge on any atom is 0.311 e. The number of aryl methyl sites for hydroxylation is 1. The van der Waals surface area contributed by atoms with E-state index in [2.05, 4.69) is 15.3 Å². The van der Waals surface area contributed by atoms with Crippen LogP contribution in [0.25, 0.3) is 0 Å². The minimum atomic E-state index is -0.465. The van der Waals surface area contributed by atoms with E-state index < -0.39 is 4.92 Å². The summed E-state index contributed by atoms with van der Waals surface area (Å²) in [6.45, 7) is 0.390. The van der Waals surface area contributed by atoms with Gasteiger partial charge in [-0.05, 0) is 6.07 Å². The van der Waals surface area contributed by atoms with Crippen LogP contribution in [0.1, 0.15) is 5.82 Å². The molecule has 0 unspecified atom stereocenters. The van der Waals surface area contributed by atoms with Crippen LogP contribution < -0.4 is 5.32 Å². The van der Waals surface area contributed by atoms with E-state index in [0.717, 1.165) is 5.82 Å².